The molecule has 1 aromatic carbocycles. The van der Waals surface area contributed by atoms with Crippen LogP contribution in [0.5, 0.6) is 5.75 Å². The first kappa shape index (κ1) is 19.4. The molecular weight excluding hydrogens is 316 g/mol. The number of rotatable bonds is 7. The molecule has 25 heavy (non-hydrogen) atoms. The molecule has 1 amide bonds. The Morgan fingerprint density at radius 1 is 1.32 bits per heavy atom. The quantitative estimate of drug-likeness (QED) is 0.606. The lowest BCUT2D eigenvalue weighted by atomic mass is 9.75. The van der Waals surface area contributed by atoms with Gasteiger partial charge in [-0.25, -0.2) is 5.43 Å². The van der Waals surface area contributed by atoms with E-state index in [1.165, 1.54) is 12.8 Å². The molecule has 0 radical (unpaired) electrons. The van der Waals surface area contributed by atoms with Crippen molar-refractivity contribution in [2.75, 3.05) is 13.7 Å². The van der Waals surface area contributed by atoms with E-state index in [9.17, 15) is 4.79 Å². The number of hydrazone groups is 1. The molecule has 1 aliphatic rings. The molecule has 1 aromatic rings. The summed E-state index contributed by atoms with van der Waals surface area (Å²) < 4.78 is 11.0. The standard InChI is InChI=1S/C20H30N2O3/c1-14(2)18-10-5-15(3)11-19(18)25-13-20(23)22-21-12-16-6-8-17(24-4)9-7-16/h6-9,12,14-15,18-19H,5,10-11,13H2,1-4H3,(H,22,23)/t15-,18-,19+/m0/s1. The molecule has 2 rings (SSSR count). The molecule has 0 bridgehead atoms. The van der Waals surface area contributed by atoms with Gasteiger partial charge in [0.2, 0.25) is 0 Å². The van der Waals surface area contributed by atoms with Crippen molar-refractivity contribution < 1.29 is 14.3 Å². The molecule has 0 heterocycles. The highest BCUT2D eigenvalue weighted by Crippen LogP contribution is 2.35. The van der Waals surface area contributed by atoms with Crippen molar-refractivity contribution in [3.8, 4) is 5.75 Å². The number of hydrogen-bond donors (Lipinski definition) is 1. The third-order valence-electron chi connectivity index (χ3n) is 4.91. The topological polar surface area (TPSA) is 59.9 Å². The van der Waals surface area contributed by atoms with Crippen LogP contribution in [-0.4, -0.2) is 31.9 Å². The van der Waals surface area contributed by atoms with Gasteiger partial charge in [0.05, 0.1) is 19.4 Å². The van der Waals surface area contributed by atoms with Gasteiger partial charge in [0.1, 0.15) is 12.4 Å². The van der Waals surface area contributed by atoms with Crippen molar-refractivity contribution in [2.24, 2.45) is 22.9 Å². The van der Waals surface area contributed by atoms with Crippen molar-refractivity contribution in [2.45, 2.75) is 46.1 Å². The van der Waals surface area contributed by atoms with Crippen molar-refractivity contribution in [1.29, 1.82) is 0 Å². The Kier molecular flexibility index (Phi) is 7.44. The molecule has 0 aliphatic heterocycles. The summed E-state index contributed by atoms with van der Waals surface area (Å²) in [6.45, 7) is 6.78. The molecule has 0 saturated heterocycles. The minimum atomic E-state index is -0.217. The summed E-state index contributed by atoms with van der Waals surface area (Å²) >= 11 is 0. The fourth-order valence-corrected chi connectivity index (χ4v) is 3.39. The molecule has 5 nitrogen and oxygen atoms in total. The summed E-state index contributed by atoms with van der Waals surface area (Å²) in [4.78, 5) is 12.0. The Morgan fingerprint density at radius 3 is 2.68 bits per heavy atom. The highest BCUT2D eigenvalue weighted by Gasteiger charge is 2.31. The van der Waals surface area contributed by atoms with Gasteiger partial charge in [-0.05, 0) is 60.4 Å². The molecule has 1 N–H and O–H groups in total. The number of benzene rings is 1. The van der Waals surface area contributed by atoms with Crippen LogP contribution in [0, 0.1) is 17.8 Å². The Bertz CT molecular complexity index is 569. The van der Waals surface area contributed by atoms with Gasteiger partial charge in [-0.3, -0.25) is 4.79 Å². The Hall–Kier alpha value is -1.88. The number of methoxy groups -OCH3 is 1. The second kappa shape index (κ2) is 9.56. The lowest BCUT2D eigenvalue weighted by molar-refractivity contribution is -0.131. The normalized spacial score (nSPS) is 23.8. The maximum Gasteiger partial charge on any atom is 0.266 e. The van der Waals surface area contributed by atoms with Gasteiger partial charge in [0, 0.05) is 0 Å². The van der Waals surface area contributed by atoms with Gasteiger partial charge < -0.3 is 9.47 Å². The van der Waals surface area contributed by atoms with Crippen LogP contribution in [0.2, 0.25) is 0 Å². The van der Waals surface area contributed by atoms with Crippen LogP contribution in [0.25, 0.3) is 0 Å². The third kappa shape index (κ3) is 6.16. The molecule has 0 spiro atoms. The van der Waals surface area contributed by atoms with Crippen molar-refractivity contribution in [3.63, 3.8) is 0 Å². The van der Waals surface area contributed by atoms with Crippen LogP contribution in [0.4, 0.5) is 0 Å². The van der Waals surface area contributed by atoms with Crippen LogP contribution < -0.4 is 10.2 Å². The van der Waals surface area contributed by atoms with Crippen LogP contribution in [-0.2, 0) is 9.53 Å². The third-order valence-corrected chi connectivity index (χ3v) is 4.91. The van der Waals surface area contributed by atoms with E-state index in [1.807, 2.05) is 24.3 Å². The van der Waals surface area contributed by atoms with Crippen LogP contribution in [0.15, 0.2) is 29.4 Å². The summed E-state index contributed by atoms with van der Waals surface area (Å²) in [5.74, 6) is 2.35. The van der Waals surface area contributed by atoms with E-state index in [2.05, 4.69) is 31.3 Å². The predicted octanol–water partition coefficient (Wildman–Crippen LogP) is 3.62. The van der Waals surface area contributed by atoms with E-state index in [1.54, 1.807) is 13.3 Å². The first-order chi connectivity index (χ1) is 12.0. The molecule has 138 valence electrons. The average molecular weight is 346 g/mol. The first-order valence-electron chi connectivity index (χ1n) is 9.07. The van der Waals surface area contributed by atoms with E-state index < -0.39 is 0 Å². The Balaban J connectivity index is 1.78. The fraction of sp³-hybridized carbons (Fsp3) is 0.600. The van der Waals surface area contributed by atoms with Gasteiger partial charge in [-0.1, -0.05) is 27.2 Å². The van der Waals surface area contributed by atoms with Gasteiger partial charge in [0.25, 0.3) is 5.91 Å². The lowest BCUT2D eigenvalue weighted by Crippen LogP contribution is -2.36. The Labute approximate surface area is 150 Å². The number of carbonyl (C=O) groups is 1. The number of amides is 1. The smallest absolute Gasteiger partial charge is 0.266 e. The maximum atomic E-state index is 12.0. The summed E-state index contributed by atoms with van der Waals surface area (Å²) in [6, 6.07) is 7.45. The van der Waals surface area contributed by atoms with Gasteiger partial charge in [0.15, 0.2) is 0 Å². The molecule has 1 saturated carbocycles. The van der Waals surface area contributed by atoms with Gasteiger partial charge in [-0.15, -0.1) is 0 Å². The second-order valence-electron chi connectivity index (χ2n) is 7.24. The number of ether oxygens (including phenoxy) is 2. The zero-order chi connectivity index (χ0) is 18.2. The average Bonchev–Trinajstić information content (AvgIpc) is 2.60. The zero-order valence-corrected chi connectivity index (χ0v) is 15.7. The fourth-order valence-electron chi connectivity index (χ4n) is 3.39. The van der Waals surface area contributed by atoms with E-state index in [-0.39, 0.29) is 18.6 Å². The summed E-state index contributed by atoms with van der Waals surface area (Å²) in [7, 11) is 1.63. The summed E-state index contributed by atoms with van der Waals surface area (Å²) in [5.41, 5.74) is 3.42. The van der Waals surface area contributed by atoms with Gasteiger partial charge >= 0.3 is 0 Å². The predicted molar refractivity (Wildman–Crippen MR) is 99.8 cm³/mol. The maximum absolute atomic E-state index is 12.0. The highest BCUT2D eigenvalue weighted by molar-refractivity contribution is 5.82. The van der Waals surface area contributed by atoms with Crippen LogP contribution in [0.1, 0.15) is 45.6 Å². The largest absolute Gasteiger partial charge is 0.497 e. The monoisotopic (exact) mass is 346 g/mol. The minimum Gasteiger partial charge on any atom is -0.497 e. The number of carbonyl (C=O) groups excluding carboxylic acids is 1. The summed E-state index contributed by atoms with van der Waals surface area (Å²) in [5, 5.41) is 3.98. The number of hydrogen-bond acceptors (Lipinski definition) is 4. The zero-order valence-electron chi connectivity index (χ0n) is 15.7. The molecule has 5 heteroatoms. The second-order valence-corrected chi connectivity index (χ2v) is 7.24. The van der Waals surface area contributed by atoms with Crippen molar-refractivity contribution in [1.82, 2.24) is 5.43 Å². The van der Waals surface area contributed by atoms with Crippen molar-refractivity contribution in [3.05, 3.63) is 29.8 Å². The van der Waals surface area contributed by atoms with Crippen LogP contribution in [0.3, 0.4) is 0 Å². The van der Waals surface area contributed by atoms with E-state index in [0.29, 0.717) is 17.8 Å². The lowest BCUT2D eigenvalue weighted by Gasteiger charge is -2.36. The van der Waals surface area contributed by atoms with Gasteiger partial charge in [-0.2, -0.15) is 5.10 Å². The van der Waals surface area contributed by atoms with E-state index in [4.69, 9.17) is 9.47 Å². The molecule has 0 aromatic heterocycles. The summed E-state index contributed by atoms with van der Waals surface area (Å²) in [6.07, 6.45) is 5.24. The number of nitrogens with zero attached hydrogens (tertiary/aromatic N) is 1. The van der Waals surface area contributed by atoms with E-state index in [0.717, 1.165) is 17.7 Å². The number of nitrogens with one attached hydrogen (secondary N) is 1. The molecule has 0 unspecified atom stereocenters. The minimum absolute atomic E-state index is 0.0561. The highest BCUT2D eigenvalue weighted by atomic mass is 16.5. The SMILES string of the molecule is COc1ccc(C=NNC(=O)CO[C@@H]2C[C@@H](C)CC[C@H]2C(C)C)cc1. The molecule has 3 atom stereocenters. The van der Waals surface area contributed by atoms with E-state index >= 15 is 0 Å². The first-order valence-corrected chi connectivity index (χ1v) is 9.07. The van der Waals surface area contributed by atoms with Crippen molar-refractivity contribution >= 4 is 12.1 Å². The van der Waals surface area contributed by atoms with Crippen LogP contribution >= 0.6 is 0 Å². The Morgan fingerprint density at radius 2 is 2.04 bits per heavy atom. The molecular formula is C20H30N2O3. The molecule has 1 aliphatic carbocycles. The molecule has 1 fully saturated rings.